The van der Waals surface area contributed by atoms with Crippen molar-refractivity contribution in [3.63, 3.8) is 0 Å². The lowest BCUT2D eigenvalue weighted by molar-refractivity contribution is 0.0939. The topological polar surface area (TPSA) is 42.0 Å². The summed E-state index contributed by atoms with van der Waals surface area (Å²) in [6, 6.07) is 15.8. The highest BCUT2D eigenvalue weighted by atomic mass is 79.9. The van der Waals surface area contributed by atoms with Crippen LogP contribution in [0.2, 0.25) is 0 Å². The molecule has 3 aromatic rings. The van der Waals surface area contributed by atoms with E-state index in [9.17, 15) is 4.79 Å². The summed E-state index contributed by atoms with van der Waals surface area (Å²) in [5.41, 5.74) is 2.79. The van der Waals surface area contributed by atoms with Crippen LogP contribution in [0.25, 0.3) is 10.8 Å². The quantitative estimate of drug-likeness (QED) is 0.622. The van der Waals surface area contributed by atoms with Gasteiger partial charge in [-0.25, -0.2) is 0 Å². The van der Waals surface area contributed by atoms with E-state index in [0.717, 1.165) is 15.6 Å². The maximum Gasteiger partial charge on any atom is 0.251 e. The molecule has 1 atom stereocenters. The van der Waals surface area contributed by atoms with E-state index in [0.29, 0.717) is 11.5 Å². The molecule has 3 rings (SSSR count). The Morgan fingerprint density at radius 2 is 1.88 bits per heavy atom. The van der Waals surface area contributed by atoms with Crippen molar-refractivity contribution in [2.45, 2.75) is 32.7 Å². The fourth-order valence-electron chi connectivity index (χ4n) is 2.97. The first-order chi connectivity index (χ1) is 12.0. The molecule has 0 aliphatic heterocycles. The van der Waals surface area contributed by atoms with E-state index in [2.05, 4.69) is 52.2 Å². The molecule has 0 bridgehead atoms. The van der Waals surface area contributed by atoms with Gasteiger partial charge < -0.3 is 5.32 Å². The molecule has 0 spiro atoms. The van der Waals surface area contributed by atoms with E-state index in [1.807, 2.05) is 43.3 Å². The molecular formula is C21H21BrN2O. The van der Waals surface area contributed by atoms with Gasteiger partial charge >= 0.3 is 0 Å². The van der Waals surface area contributed by atoms with Crippen LogP contribution in [0, 0.1) is 0 Å². The summed E-state index contributed by atoms with van der Waals surface area (Å²) in [5, 5.41) is 5.31. The van der Waals surface area contributed by atoms with Crippen LogP contribution >= 0.6 is 15.9 Å². The number of nitrogens with zero attached hydrogens (tertiary/aromatic N) is 1. The lowest BCUT2D eigenvalue weighted by atomic mass is 9.95. The molecule has 0 fully saturated rings. The van der Waals surface area contributed by atoms with Crippen molar-refractivity contribution in [1.82, 2.24) is 10.3 Å². The number of rotatable bonds is 4. The van der Waals surface area contributed by atoms with E-state index in [1.165, 1.54) is 10.9 Å². The van der Waals surface area contributed by atoms with Gasteiger partial charge in [-0.15, -0.1) is 0 Å². The number of hydrogen-bond donors (Lipinski definition) is 1. The van der Waals surface area contributed by atoms with E-state index < -0.39 is 0 Å². The smallest absolute Gasteiger partial charge is 0.251 e. The molecule has 3 nitrogen and oxygen atoms in total. The molecule has 0 saturated carbocycles. The number of halogens is 1. The fourth-order valence-corrected chi connectivity index (χ4v) is 3.32. The van der Waals surface area contributed by atoms with Gasteiger partial charge in [-0.3, -0.25) is 9.78 Å². The summed E-state index contributed by atoms with van der Waals surface area (Å²) < 4.78 is 0.950. The number of fused-ring (bicyclic) bond motifs is 1. The van der Waals surface area contributed by atoms with Gasteiger partial charge in [0.25, 0.3) is 5.91 Å². The molecule has 0 saturated heterocycles. The number of carbonyl (C=O) groups excluding carboxylic acids is 1. The van der Waals surface area contributed by atoms with Gasteiger partial charge in [0.15, 0.2) is 0 Å². The number of amides is 1. The third kappa shape index (κ3) is 3.90. The summed E-state index contributed by atoms with van der Waals surface area (Å²) in [4.78, 5) is 16.9. The van der Waals surface area contributed by atoms with E-state index in [-0.39, 0.29) is 11.9 Å². The zero-order chi connectivity index (χ0) is 18.0. The Labute approximate surface area is 156 Å². The molecule has 4 heteroatoms. The zero-order valence-electron chi connectivity index (χ0n) is 14.6. The average molecular weight is 397 g/mol. The molecule has 2 aromatic carbocycles. The number of benzene rings is 2. The second kappa shape index (κ2) is 7.36. The van der Waals surface area contributed by atoms with Gasteiger partial charge in [0.2, 0.25) is 0 Å². The highest BCUT2D eigenvalue weighted by Gasteiger charge is 2.14. The van der Waals surface area contributed by atoms with Crippen molar-refractivity contribution in [3.05, 3.63) is 76.0 Å². The largest absolute Gasteiger partial charge is 0.344 e. The van der Waals surface area contributed by atoms with Crippen LogP contribution in [0.3, 0.4) is 0 Å². The SMILES string of the molecule is CC(C)c1cccc2cc(C(=O)NC(C)c3cc(Br)ccn3)ccc12. The Kier molecular flexibility index (Phi) is 5.19. The van der Waals surface area contributed by atoms with Crippen LogP contribution in [0.15, 0.2) is 59.2 Å². The maximum absolute atomic E-state index is 12.6. The summed E-state index contributed by atoms with van der Waals surface area (Å²) >= 11 is 3.43. The lowest BCUT2D eigenvalue weighted by Crippen LogP contribution is -2.27. The van der Waals surface area contributed by atoms with Gasteiger partial charge in [-0.05, 0) is 53.4 Å². The van der Waals surface area contributed by atoms with Crippen molar-refractivity contribution in [1.29, 1.82) is 0 Å². The van der Waals surface area contributed by atoms with Crippen LogP contribution < -0.4 is 5.32 Å². The first-order valence-corrected chi connectivity index (χ1v) is 9.20. The number of aromatic nitrogens is 1. The Morgan fingerprint density at radius 3 is 2.60 bits per heavy atom. The van der Waals surface area contributed by atoms with E-state index >= 15 is 0 Å². The number of pyridine rings is 1. The normalized spacial score (nSPS) is 12.4. The third-order valence-corrected chi connectivity index (χ3v) is 4.83. The first kappa shape index (κ1) is 17.6. The fraction of sp³-hybridized carbons (Fsp3) is 0.238. The molecule has 0 aliphatic carbocycles. The molecular weight excluding hydrogens is 376 g/mol. The minimum absolute atomic E-state index is 0.0916. The number of carbonyl (C=O) groups is 1. The minimum Gasteiger partial charge on any atom is -0.344 e. The molecule has 1 heterocycles. The van der Waals surface area contributed by atoms with Gasteiger partial charge in [0.05, 0.1) is 11.7 Å². The predicted octanol–water partition coefficient (Wildman–Crippen LogP) is 5.61. The van der Waals surface area contributed by atoms with Crippen molar-refractivity contribution < 1.29 is 4.79 Å². The summed E-state index contributed by atoms with van der Waals surface area (Å²) in [6.45, 7) is 6.30. The zero-order valence-corrected chi connectivity index (χ0v) is 16.2. The molecule has 25 heavy (non-hydrogen) atoms. The van der Waals surface area contributed by atoms with Crippen LogP contribution in [-0.4, -0.2) is 10.9 Å². The van der Waals surface area contributed by atoms with Gasteiger partial charge in [0, 0.05) is 16.2 Å². The van der Waals surface area contributed by atoms with Gasteiger partial charge in [0.1, 0.15) is 0 Å². The molecule has 1 amide bonds. The van der Waals surface area contributed by atoms with Crippen LogP contribution in [0.4, 0.5) is 0 Å². The molecule has 128 valence electrons. The Morgan fingerprint density at radius 1 is 1.08 bits per heavy atom. The molecule has 0 aliphatic rings. The third-order valence-electron chi connectivity index (χ3n) is 4.33. The highest BCUT2D eigenvalue weighted by molar-refractivity contribution is 9.10. The Balaban J connectivity index is 1.85. The van der Waals surface area contributed by atoms with Gasteiger partial charge in [-0.1, -0.05) is 54.0 Å². The van der Waals surface area contributed by atoms with Crippen molar-refractivity contribution in [2.24, 2.45) is 0 Å². The maximum atomic E-state index is 12.6. The van der Waals surface area contributed by atoms with Crippen LogP contribution in [0.1, 0.15) is 54.3 Å². The first-order valence-electron chi connectivity index (χ1n) is 8.40. The Bertz CT molecular complexity index is 921. The lowest BCUT2D eigenvalue weighted by Gasteiger charge is -2.15. The summed E-state index contributed by atoms with van der Waals surface area (Å²) in [7, 11) is 0. The van der Waals surface area contributed by atoms with Crippen LogP contribution in [-0.2, 0) is 0 Å². The minimum atomic E-state index is -0.164. The van der Waals surface area contributed by atoms with Crippen molar-refractivity contribution in [2.75, 3.05) is 0 Å². The summed E-state index contributed by atoms with van der Waals surface area (Å²) in [5.74, 6) is 0.358. The molecule has 1 N–H and O–H groups in total. The van der Waals surface area contributed by atoms with Crippen LogP contribution in [0.5, 0.6) is 0 Å². The Hall–Kier alpha value is -2.20. The molecule has 0 radical (unpaired) electrons. The number of nitrogens with one attached hydrogen (secondary N) is 1. The second-order valence-electron chi connectivity index (χ2n) is 6.53. The van der Waals surface area contributed by atoms with E-state index in [1.54, 1.807) is 6.20 Å². The standard InChI is InChI=1S/C21H21BrN2O/c1-13(2)18-6-4-5-15-11-16(7-8-19(15)18)21(25)24-14(3)20-12-17(22)9-10-23-20/h4-14H,1-3H3,(H,24,25). The highest BCUT2D eigenvalue weighted by Crippen LogP contribution is 2.26. The second-order valence-corrected chi connectivity index (χ2v) is 7.45. The van der Waals surface area contributed by atoms with E-state index in [4.69, 9.17) is 0 Å². The monoisotopic (exact) mass is 396 g/mol. The van der Waals surface area contributed by atoms with Crippen molar-refractivity contribution >= 4 is 32.6 Å². The summed E-state index contributed by atoms with van der Waals surface area (Å²) in [6.07, 6.45) is 1.73. The molecule has 1 aromatic heterocycles. The van der Waals surface area contributed by atoms with Crippen molar-refractivity contribution in [3.8, 4) is 0 Å². The van der Waals surface area contributed by atoms with Gasteiger partial charge in [-0.2, -0.15) is 0 Å². The molecule has 1 unspecified atom stereocenters. The number of hydrogen-bond acceptors (Lipinski definition) is 2. The predicted molar refractivity (Wildman–Crippen MR) is 106 cm³/mol. The average Bonchev–Trinajstić information content (AvgIpc) is 2.60.